The Bertz CT molecular complexity index is 506. The van der Waals surface area contributed by atoms with Gasteiger partial charge in [-0.3, -0.25) is 4.79 Å². The standard InChI is InChI=1S/C14H22BrN3O/c1-6-7-18-13(19)12(15)11(8-17-18)16-9-14(4,5)10(2)3/h6,8,10,16H,1,7,9H2,2-5H3. The SMILES string of the molecule is C=CCn1ncc(NCC(C)(C)C(C)C)c(Br)c1=O. The lowest BCUT2D eigenvalue weighted by atomic mass is 9.81. The Kier molecular flexibility index (Phi) is 5.35. The van der Waals surface area contributed by atoms with E-state index >= 15 is 0 Å². The van der Waals surface area contributed by atoms with E-state index in [1.165, 1.54) is 4.68 Å². The highest BCUT2D eigenvalue weighted by Crippen LogP contribution is 2.27. The van der Waals surface area contributed by atoms with Gasteiger partial charge in [0.1, 0.15) is 4.47 Å². The third kappa shape index (κ3) is 3.93. The van der Waals surface area contributed by atoms with Gasteiger partial charge in [0.25, 0.3) is 5.56 Å². The fourth-order valence-corrected chi connectivity index (χ4v) is 1.82. The molecule has 0 atom stereocenters. The quantitative estimate of drug-likeness (QED) is 0.815. The smallest absolute Gasteiger partial charge is 0.283 e. The third-order valence-corrected chi connectivity index (χ3v) is 4.35. The van der Waals surface area contributed by atoms with Gasteiger partial charge in [-0.25, -0.2) is 4.68 Å². The van der Waals surface area contributed by atoms with Crippen molar-refractivity contribution < 1.29 is 0 Å². The number of anilines is 1. The molecule has 1 heterocycles. The minimum Gasteiger partial charge on any atom is -0.382 e. The van der Waals surface area contributed by atoms with Crippen molar-refractivity contribution >= 4 is 21.6 Å². The molecule has 0 fully saturated rings. The molecule has 1 aromatic heterocycles. The summed E-state index contributed by atoms with van der Waals surface area (Å²) in [7, 11) is 0. The predicted molar refractivity (Wildman–Crippen MR) is 83.5 cm³/mol. The first kappa shape index (κ1) is 16.0. The molecule has 0 aliphatic rings. The molecule has 4 nitrogen and oxygen atoms in total. The summed E-state index contributed by atoms with van der Waals surface area (Å²) in [6, 6.07) is 0. The Balaban J connectivity index is 2.90. The summed E-state index contributed by atoms with van der Waals surface area (Å²) in [5, 5.41) is 7.41. The molecule has 0 radical (unpaired) electrons. The first-order valence-corrected chi connectivity index (χ1v) is 7.19. The second-order valence-corrected chi connectivity index (χ2v) is 6.44. The van der Waals surface area contributed by atoms with Crippen molar-refractivity contribution in [2.45, 2.75) is 34.2 Å². The molecule has 0 bridgehead atoms. The van der Waals surface area contributed by atoms with Crippen LogP contribution in [0.3, 0.4) is 0 Å². The molecule has 0 spiro atoms. The molecule has 1 rings (SSSR count). The maximum absolute atomic E-state index is 12.0. The Morgan fingerprint density at radius 1 is 1.58 bits per heavy atom. The number of nitrogens with one attached hydrogen (secondary N) is 1. The average molecular weight is 328 g/mol. The van der Waals surface area contributed by atoms with Gasteiger partial charge in [-0.05, 0) is 27.3 Å². The van der Waals surface area contributed by atoms with E-state index in [9.17, 15) is 4.79 Å². The van der Waals surface area contributed by atoms with Crippen LogP contribution in [0, 0.1) is 11.3 Å². The minimum atomic E-state index is -0.146. The number of rotatable bonds is 6. The molecule has 19 heavy (non-hydrogen) atoms. The number of halogens is 1. The molecule has 0 unspecified atom stereocenters. The van der Waals surface area contributed by atoms with E-state index in [1.54, 1.807) is 12.3 Å². The summed E-state index contributed by atoms with van der Waals surface area (Å²) >= 11 is 3.34. The number of aromatic nitrogens is 2. The first-order valence-electron chi connectivity index (χ1n) is 6.40. The number of hydrogen-bond donors (Lipinski definition) is 1. The van der Waals surface area contributed by atoms with E-state index in [0.29, 0.717) is 16.9 Å². The Morgan fingerprint density at radius 3 is 2.74 bits per heavy atom. The van der Waals surface area contributed by atoms with Gasteiger partial charge in [-0.1, -0.05) is 33.8 Å². The van der Waals surface area contributed by atoms with Crippen molar-refractivity contribution in [1.29, 1.82) is 0 Å². The highest BCUT2D eigenvalue weighted by Gasteiger charge is 2.22. The molecule has 0 aromatic carbocycles. The number of allylic oxidation sites excluding steroid dienone is 1. The molecule has 1 aromatic rings. The van der Waals surface area contributed by atoms with Crippen LogP contribution < -0.4 is 10.9 Å². The van der Waals surface area contributed by atoms with Crippen LogP contribution in [-0.2, 0) is 6.54 Å². The van der Waals surface area contributed by atoms with Gasteiger partial charge in [0.2, 0.25) is 0 Å². The summed E-state index contributed by atoms with van der Waals surface area (Å²) in [6.45, 7) is 13.6. The molecule has 5 heteroatoms. The topological polar surface area (TPSA) is 46.9 Å². The van der Waals surface area contributed by atoms with E-state index in [4.69, 9.17) is 0 Å². The molecular formula is C14H22BrN3O. The first-order chi connectivity index (χ1) is 8.79. The Hall–Kier alpha value is -1.10. The van der Waals surface area contributed by atoms with E-state index in [2.05, 4.69) is 60.6 Å². The fourth-order valence-electron chi connectivity index (χ4n) is 1.37. The normalized spacial score (nSPS) is 11.7. The molecule has 0 aliphatic carbocycles. The van der Waals surface area contributed by atoms with Crippen molar-refractivity contribution in [2.24, 2.45) is 11.3 Å². The predicted octanol–water partition coefficient (Wildman–Crippen LogP) is 3.29. The van der Waals surface area contributed by atoms with E-state index in [1.807, 2.05) is 0 Å². The van der Waals surface area contributed by atoms with Gasteiger partial charge in [0, 0.05) is 6.54 Å². The summed E-state index contributed by atoms with van der Waals surface area (Å²) in [4.78, 5) is 12.0. The van der Waals surface area contributed by atoms with Crippen LogP contribution in [0.5, 0.6) is 0 Å². The number of hydrogen-bond acceptors (Lipinski definition) is 3. The van der Waals surface area contributed by atoms with Gasteiger partial charge >= 0.3 is 0 Å². The lowest BCUT2D eigenvalue weighted by Gasteiger charge is -2.30. The van der Waals surface area contributed by atoms with Crippen molar-refractivity contribution in [1.82, 2.24) is 9.78 Å². The van der Waals surface area contributed by atoms with Gasteiger partial charge in [0.15, 0.2) is 0 Å². The second kappa shape index (κ2) is 6.37. The van der Waals surface area contributed by atoms with Crippen LogP contribution in [0.1, 0.15) is 27.7 Å². The largest absolute Gasteiger partial charge is 0.382 e. The maximum atomic E-state index is 12.0. The summed E-state index contributed by atoms with van der Waals surface area (Å²) in [5.41, 5.74) is 0.737. The molecule has 106 valence electrons. The van der Waals surface area contributed by atoms with Crippen molar-refractivity contribution in [3.05, 3.63) is 33.7 Å². The molecule has 0 amide bonds. The van der Waals surface area contributed by atoms with E-state index in [0.717, 1.165) is 12.2 Å². The van der Waals surface area contributed by atoms with Crippen LogP contribution in [0.2, 0.25) is 0 Å². The molecular weight excluding hydrogens is 306 g/mol. The van der Waals surface area contributed by atoms with Crippen LogP contribution >= 0.6 is 15.9 Å². The summed E-state index contributed by atoms with van der Waals surface area (Å²) < 4.78 is 1.89. The van der Waals surface area contributed by atoms with Gasteiger partial charge < -0.3 is 5.32 Å². The highest BCUT2D eigenvalue weighted by molar-refractivity contribution is 9.10. The monoisotopic (exact) mass is 327 g/mol. The fraction of sp³-hybridized carbons (Fsp3) is 0.571. The lowest BCUT2D eigenvalue weighted by molar-refractivity contribution is 0.269. The van der Waals surface area contributed by atoms with Gasteiger partial charge in [-0.2, -0.15) is 5.10 Å². The Morgan fingerprint density at radius 2 is 2.21 bits per heavy atom. The minimum absolute atomic E-state index is 0.146. The van der Waals surface area contributed by atoms with Crippen molar-refractivity contribution in [2.75, 3.05) is 11.9 Å². The van der Waals surface area contributed by atoms with E-state index in [-0.39, 0.29) is 11.0 Å². The zero-order valence-electron chi connectivity index (χ0n) is 12.0. The van der Waals surface area contributed by atoms with Crippen LogP contribution in [0.25, 0.3) is 0 Å². The third-order valence-electron chi connectivity index (χ3n) is 3.58. The van der Waals surface area contributed by atoms with E-state index < -0.39 is 0 Å². The number of nitrogens with zero attached hydrogens (tertiary/aromatic N) is 2. The van der Waals surface area contributed by atoms with Crippen LogP contribution in [-0.4, -0.2) is 16.3 Å². The van der Waals surface area contributed by atoms with Gasteiger partial charge in [-0.15, -0.1) is 6.58 Å². The maximum Gasteiger partial charge on any atom is 0.283 e. The Labute approximate surface area is 123 Å². The zero-order chi connectivity index (χ0) is 14.6. The molecule has 0 saturated heterocycles. The van der Waals surface area contributed by atoms with Gasteiger partial charge in [0.05, 0.1) is 18.4 Å². The van der Waals surface area contributed by atoms with Crippen LogP contribution in [0.15, 0.2) is 28.1 Å². The molecule has 0 saturated carbocycles. The lowest BCUT2D eigenvalue weighted by Crippen LogP contribution is -2.30. The molecule has 0 aliphatic heterocycles. The van der Waals surface area contributed by atoms with Crippen molar-refractivity contribution in [3.63, 3.8) is 0 Å². The second-order valence-electron chi connectivity index (χ2n) is 5.64. The summed E-state index contributed by atoms with van der Waals surface area (Å²) in [6.07, 6.45) is 3.32. The summed E-state index contributed by atoms with van der Waals surface area (Å²) in [5.74, 6) is 0.549. The zero-order valence-corrected chi connectivity index (χ0v) is 13.6. The molecule has 1 N–H and O–H groups in total. The van der Waals surface area contributed by atoms with Crippen molar-refractivity contribution in [3.8, 4) is 0 Å². The highest BCUT2D eigenvalue weighted by atomic mass is 79.9. The van der Waals surface area contributed by atoms with Crippen LogP contribution in [0.4, 0.5) is 5.69 Å². The average Bonchev–Trinajstić information content (AvgIpc) is 2.34.